The van der Waals surface area contributed by atoms with Gasteiger partial charge in [0, 0.05) is 31.6 Å². The number of aromatic nitrogens is 2. The van der Waals surface area contributed by atoms with Crippen molar-refractivity contribution in [3.8, 4) is 0 Å². The Morgan fingerprint density at radius 3 is 2.43 bits per heavy atom. The summed E-state index contributed by atoms with van der Waals surface area (Å²) in [6.45, 7) is 1.74. The number of hydrogen-bond acceptors (Lipinski definition) is 4. The van der Waals surface area contributed by atoms with E-state index in [4.69, 9.17) is 5.73 Å². The molecule has 0 aromatic carbocycles. The van der Waals surface area contributed by atoms with Crippen LogP contribution in [0.3, 0.4) is 0 Å². The van der Waals surface area contributed by atoms with E-state index < -0.39 is 29.5 Å². The summed E-state index contributed by atoms with van der Waals surface area (Å²) in [5, 5.41) is 5.83. The van der Waals surface area contributed by atoms with Crippen LogP contribution in [0.5, 0.6) is 0 Å². The van der Waals surface area contributed by atoms with Gasteiger partial charge in [-0.25, -0.2) is 32.5 Å². The van der Waals surface area contributed by atoms with Gasteiger partial charge in [-0.2, -0.15) is 0 Å². The maximum atomic E-state index is 14.0. The number of aliphatic imine (C=N–C) groups is 2. The summed E-state index contributed by atoms with van der Waals surface area (Å²) >= 11 is 0. The smallest absolute Gasteiger partial charge is 0.250 e. The third-order valence-electron chi connectivity index (χ3n) is 5.65. The molecule has 11 heteroatoms. The van der Waals surface area contributed by atoms with Gasteiger partial charge < -0.3 is 16.0 Å². The van der Waals surface area contributed by atoms with Crippen molar-refractivity contribution in [2.24, 2.45) is 21.6 Å². The first-order valence-corrected chi connectivity index (χ1v) is 9.33. The van der Waals surface area contributed by atoms with E-state index in [0.717, 1.165) is 0 Å². The highest BCUT2D eigenvalue weighted by Gasteiger charge is 2.53. The maximum absolute atomic E-state index is 14.0. The van der Waals surface area contributed by atoms with Crippen LogP contribution in [-0.2, 0) is 5.66 Å². The average Bonchev–Trinajstić information content (AvgIpc) is 3.26. The van der Waals surface area contributed by atoms with Crippen molar-refractivity contribution < 1.29 is 17.6 Å². The Balaban J connectivity index is 1.70. The van der Waals surface area contributed by atoms with E-state index >= 15 is 0 Å². The van der Waals surface area contributed by atoms with Crippen molar-refractivity contribution in [1.29, 1.82) is 0 Å². The molecular weight excluding hydrogens is 378 g/mol. The SMILES string of the molecule is Cc1ncc(C2(C3CCC(F)(F)C3)N=C(N)NC(=NC3CCC(F)(F)C3)N2)[nH]1. The molecule has 0 spiro atoms. The van der Waals surface area contributed by atoms with Gasteiger partial charge in [0.2, 0.25) is 17.8 Å². The largest absolute Gasteiger partial charge is 0.370 e. The molecule has 2 aliphatic carbocycles. The summed E-state index contributed by atoms with van der Waals surface area (Å²) in [4.78, 5) is 16.0. The standard InChI is InChI=1S/C17H23F4N7/c1-9-23-8-12(24-9)17(10-2-4-15(18,19)6-10)27-13(22)26-14(28-17)25-11-3-5-16(20,21)7-11/h8,10-11H,2-7H2,1H3,(H,23,24)(H4,22,25,26,27,28). The van der Waals surface area contributed by atoms with Crippen LogP contribution in [0.25, 0.3) is 0 Å². The number of nitrogens with zero attached hydrogens (tertiary/aromatic N) is 3. The van der Waals surface area contributed by atoms with Gasteiger partial charge in [0.1, 0.15) is 5.82 Å². The van der Waals surface area contributed by atoms with E-state index in [-0.39, 0.29) is 50.4 Å². The highest BCUT2D eigenvalue weighted by atomic mass is 19.3. The monoisotopic (exact) mass is 401 g/mol. The number of aromatic amines is 1. The molecular formula is C17H23F4N7. The van der Waals surface area contributed by atoms with E-state index in [1.165, 1.54) is 6.20 Å². The Bertz CT molecular complexity index is 818. The molecule has 1 aromatic heterocycles. The van der Waals surface area contributed by atoms with Crippen LogP contribution >= 0.6 is 0 Å². The molecule has 3 unspecified atom stereocenters. The minimum Gasteiger partial charge on any atom is -0.370 e. The van der Waals surface area contributed by atoms with Gasteiger partial charge in [0.15, 0.2) is 11.6 Å². The highest BCUT2D eigenvalue weighted by Crippen LogP contribution is 2.48. The third kappa shape index (κ3) is 3.53. The number of H-pyrrole nitrogens is 1. The van der Waals surface area contributed by atoms with Crippen LogP contribution in [0.4, 0.5) is 17.6 Å². The van der Waals surface area contributed by atoms with Gasteiger partial charge in [0.05, 0.1) is 17.9 Å². The van der Waals surface area contributed by atoms with Crippen molar-refractivity contribution >= 4 is 11.9 Å². The van der Waals surface area contributed by atoms with Crippen molar-refractivity contribution in [3.63, 3.8) is 0 Å². The van der Waals surface area contributed by atoms with E-state index in [0.29, 0.717) is 11.5 Å². The second kappa shape index (κ2) is 6.35. The van der Waals surface area contributed by atoms with Gasteiger partial charge >= 0.3 is 0 Å². The third-order valence-corrected chi connectivity index (χ3v) is 5.65. The molecule has 0 amide bonds. The number of imidazole rings is 1. The normalized spacial score (nSPS) is 35.5. The lowest BCUT2D eigenvalue weighted by Crippen LogP contribution is -2.61. The van der Waals surface area contributed by atoms with Gasteiger partial charge in [-0.15, -0.1) is 0 Å². The number of hydrogen-bond donors (Lipinski definition) is 4. The fraction of sp³-hybridized carbons (Fsp3) is 0.706. The number of halogens is 4. The number of rotatable bonds is 3. The molecule has 28 heavy (non-hydrogen) atoms. The van der Waals surface area contributed by atoms with Crippen LogP contribution in [0.15, 0.2) is 16.2 Å². The molecule has 1 aliphatic heterocycles. The fourth-order valence-electron chi connectivity index (χ4n) is 4.32. The predicted molar refractivity (Wildman–Crippen MR) is 95.2 cm³/mol. The molecule has 2 heterocycles. The van der Waals surface area contributed by atoms with Crippen molar-refractivity contribution in [2.75, 3.05) is 0 Å². The van der Waals surface area contributed by atoms with Crippen molar-refractivity contribution in [2.45, 2.75) is 69.0 Å². The lowest BCUT2D eigenvalue weighted by Gasteiger charge is -2.40. The van der Waals surface area contributed by atoms with Crippen molar-refractivity contribution in [3.05, 3.63) is 17.7 Å². The Kier molecular flexibility index (Phi) is 4.31. The molecule has 2 saturated carbocycles. The van der Waals surface area contributed by atoms with E-state index in [1.807, 2.05) is 0 Å². The molecule has 4 rings (SSSR count). The number of nitrogens with two attached hydrogens (primary N) is 1. The predicted octanol–water partition coefficient (Wildman–Crippen LogP) is 2.36. The quantitative estimate of drug-likeness (QED) is 0.584. The minimum absolute atomic E-state index is 0.00951. The molecule has 1 aromatic rings. The highest BCUT2D eigenvalue weighted by molar-refractivity contribution is 6.00. The van der Waals surface area contributed by atoms with Crippen molar-refractivity contribution in [1.82, 2.24) is 20.6 Å². The summed E-state index contributed by atoms with van der Waals surface area (Å²) in [7, 11) is 0. The molecule has 0 radical (unpaired) electrons. The Morgan fingerprint density at radius 1 is 1.14 bits per heavy atom. The number of guanidine groups is 2. The molecule has 2 fully saturated rings. The maximum Gasteiger partial charge on any atom is 0.250 e. The zero-order valence-corrected chi connectivity index (χ0v) is 15.4. The van der Waals surface area contributed by atoms with Crippen LogP contribution in [0.1, 0.15) is 50.0 Å². The fourth-order valence-corrected chi connectivity index (χ4v) is 4.32. The lowest BCUT2D eigenvalue weighted by molar-refractivity contribution is -0.000374. The summed E-state index contributed by atoms with van der Waals surface area (Å²) in [6.07, 6.45) is 0.800. The molecule has 0 bridgehead atoms. The molecule has 0 saturated heterocycles. The molecule has 5 N–H and O–H groups in total. The van der Waals surface area contributed by atoms with Crippen LogP contribution in [0, 0.1) is 12.8 Å². The second-order valence-corrected chi connectivity index (χ2v) is 7.92. The van der Waals surface area contributed by atoms with Crippen LogP contribution in [-0.4, -0.2) is 39.8 Å². The first-order valence-electron chi connectivity index (χ1n) is 9.33. The van der Waals surface area contributed by atoms with Gasteiger partial charge in [-0.05, 0) is 19.8 Å². The first-order chi connectivity index (χ1) is 13.1. The van der Waals surface area contributed by atoms with Gasteiger partial charge in [-0.1, -0.05) is 0 Å². The van der Waals surface area contributed by atoms with Crippen LogP contribution < -0.4 is 16.4 Å². The van der Waals surface area contributed by atoms with Gasteiger partial charge in [-0.3, -0.25) is 5.32 Å². The van der Waals surface area contributed by atoms with E-state index in [9.17, 15) is 17.6 Å². The van der Waals surface area contributed by atoms with Gasteiger partial charge in [0.25, 0.3) is 0 Å². The number of aryl methyl sites for hydroxylation is 1. The summed E-state index contributed by atoms with van der Waals surface area (Å²) < 4.78 is 55.0. The Hall–Kier alpha value is -2.33. The average molecular weight is 401 g/mol. The zero-order chi connectivity index (χ0) is 20.2. The number of nitrogens with one attached hydrogen (secondary N) is 3. The van der Waals surface area contributed by atoms with E-state index in [1.54, 1.807) is 6.92 Å². The molecule has 154 valence electrons. The summed E-state index contributed by atoms with van der Waals surface area (Å²) in [5.74, 6) is -5.36. The molecule has 7 nitrogen and oxygen atoms in total. The molecule has 3 aliphatic rings. The summed E-state index contributed by atoms with van der Waals surface area (Å²) in [6, 6.07) is -0.581. The number of alkyl halides is 4. The second-order valence-electron chi connectivity index (χ2n) is 7.92. The first kappa shape index (κ1) is 19.0. The lowest BCUT2D eigenvalue weighted by atomic mass is 9.88. The van der Waals surface area contributed by atoms with Crippen LogP contribution in [0.2, 0.25) is 0 Å². The summed E-state index contributed by atoms with van der Waals surface area (Å²) in [5.41, 5.74) is 5.13. The Morgan fingerprint density at radius 2 is 1.86 bits per heavy atom. The zero-order valence-electron chi connectivity index (χ0n) is 15.4. The van der Waals surface area contributed by atoms with E-state index in [2.05, 4.69) is 30.6 Å². The molecule has 3 atom stereocenters. The Labute approximate surface area is 159 Å². The topological polar surface area (TPSA) is 103 Å². The minimum atomic E-state index is -2.80.